The van der Waals surface area contributed by atoms with E-state index in [1.54, 1.807) is 11.8 Å². The van der Waals surface area contributed by atoms with Gasteiger partial charge in [-0.05, 0) is 38.7 Å². The molecule has 0 amide bonds. The standard InChI is InChI=1S/C13H22N4S2/c1-6-11-15-12(19-17-11)18-10(4)7-13(5,8-14)16-9(2)3/h9-10,16H,6-7H2,1-5H3. The predicted molar refractivity (Wildman–Crippen MR) is 81.5 cm³/mol. The summed E-state index contributed by atoms with van der Waals surface area (Å²) in [5, 5.41) is 13.0. The van der Waals surface area contributed by atoms with Gasteiger partial charge in [0, 0.05) is 17.7 Å². The molecule has 2 atom stereocenters. The zero-order valence-electron chi connectivity index (χ0n) is 12.2. The van der Waals surface area contributed by atoms with E-state index >= 15 is 0 Å². The van der Waals surface area contributed by atoms with Crippen molar-refractivity contribution < 1.29 is 0 Å². The summed E-state index contributed by atoms with van der Waals surface area (Å²) < 4.78 is 5.28. The number of hydrogen-bond acceptors (Lipinski definition) is 6. The molecule has 0 spiro atoms. The molecule has 19 heavy (non-hydrogen) atoms. The van der Waals surface area contributed by atoms with E-state index in [1.807, 2.05) is 6.92 Å². The zero-order chi connectivity index (χ0) is 14.5. The van der Waals surface area contributed by atoms with Crippen molar-refractivity contribution in [3.8, 4) is 6.07 Å². The zero-order valence-corrected chi connectivity index (χ0v) is 13.9. The topological polar surface area (TPSA) is 61.6 Å². The van der Waals surface area contributed by atoms with Crippen LogP contribution >= 0.6 is 23.3 Å². The highest BCUT2D eigenvalue weighted by atomic mass is 32.2. The molecule has 0 saturated carbocycles. The van der Waals surface area contributed by atoms with Gasteiger partial charge in [0.05, 0.1) is 6.07 Å². The number of rotatable bonds is 7. The first kappa shape index (κ1) is 16.4. The van der Waals surface area contributed by atoms with Gasteiger partial charge in [-0.15, -0.1) is 0 Å². The molecule has 0 aromatic carbocycles. The molecule has 0 aliphatic heterocycles. The molecule has 1 aromatic heterocycles. The fourth-order valence-corrected chi connectivity index (χ4v) is 4.19. The molecule has 1 rings (SSSR count). The first-order chi connectivity index (χ1) is 8.88. The van der Waals surface area contributed by atoms with Crippen LogP contribution in [0.25, 0.3) is 0 Å². The van der Waals surface area contributed by atoms with Crippen LogP contribution in [0.5, 0.6) is 0 Å². The Hall–Kier alpha value is -0.640. The van der Waals surface area contributed by atoms with E-state index in [-0.39, 0.29) is 0 Å². The summed E-state index contributed by atoms with van der Waals surface area (Å²) in [5.74, 6) is 0.906. The molecule has 1 heterocycles. The monoisotopic (exact) mass is 298 g/mol. The lowest BCUT2D eigenvalue weighted by molar-refractivity contribution is 0.382. The van der Waals surface area contributed by atoms with E-state index < -0.39 is 5.54 Å². The smallest absolute Gasteiger partial charge is 0.170 e. The van der Waals surface area contributed by atoms with Gasteiger partial charge in [-0.1, -0.05) is 25.6 Å². The first-order valence-corrected chi connectivity index (χ1v) is 8.22. The quantitative estimate of drug-likeness (QED) is 0.783. The predicted octanol–water partition coefficient (Wildman–Crippen LogP) is 3.25. The third kappa shape index (κ3) is 5.47. The summed E-state index contributed by atoms with van der Waals surface area (Å²) in [4.78, 5) is 4.45. The van der Waals surface area contributed by atoms with Gasteiger partial charge in [-0.3, -0.25) is 5.32 Å². The fraction of sp³-hybridized carbons (Fsp3) is 0.769. The number of nitrogens with one attached hydrogen (secondary N) is 1. The Morgan fingerprint density at radius 2 is 2.16 bits per heavy atom. The van der Waals surface area contributed by atoms with Crippen LogP contribution in [0, 0.1) is 11.3 Å². The molecular formula is C13H22N4S2. The maximum absolute atomic E-state index is 9.34. The second-order valence-corrected chi connectivity index (χ2v) is 7.64. The molecule has 0 aliphatic rings. The summed E-state index contributed by atoms with van der Waals surface area (Å²) >= 11 is 3.15. The molecule has 0 saturated heterocycles. The van der Waals surface area contributed by atoms with Crippen molar-refractivity contribution in [1.82, 2.24) is 14.7 Å². The van der Waals surface area contributed by atoms with Crippen molar-refractivity contribution in [3.05, 3.63) is 5.82 Å². The lowest BCUT2D eigenvalue weighted by Gasteiger charge is -2.28. The molecule has 0 fully saturated rings. The summed E-state index contributed by atoms with van der Waals surface area (Å²) in [7, 11) is 0. The van der Waals surface area contributed by atoms with E-state index in [9.17, 15) is 5.26 Å². The van der Waals surface area contributed by atoms with E-state index in [2.05, 4.69) is 48.4 Å². The van der Waals surface area contributed by atoms with Crippen LogP contribution in [0.4, 0.5) is 0 Å². The molecule has 6 heteroatoms. The molecule has 2 unspecified atom stereocenters. The summed E-state index contributed by atoms with van der Waals surface area (Å²) in [6.07, 6.45) is 1.66. The van der Waals surface area contributed by atoms with E-state index in [0.29, 0.717) is 11.3 Å². The van der Waals surface area contributed by atoms with Gasteiger partial charge in [-0.2, -0.15) is 9.64 Å². The molecule has 0 radical (unpaired) electrons. The lowest BCUT2D eigenvalue weighted by atomic mass is 9.97. The first-order valence-electron chi connectivity index (χ1n) is 6.56. The van der Waals surface area contributed by atoms with E-state index in [4.69, 9.17) is 0 Å². The van der Waals surface area contributed by atoms with Gasteiger partial charge in [0.25, 0.3) is 0 Å². The maximum Gasteiger partial charge on any atom is 0.170 e. The maximum atomic E-state index is 9.34. The molecule has 0 bridgehead atoms. The molecule has 4 nitrogen and oxygen atoms in total. The number of aryl methyl sites for hydroxylation is 1. The third-order valence-corrected chi connectivity index (χ3v) is 4.54. The van der Waals surface area contributed by atoms with Crippen LogP contribution in [-0.2, 0) is 6.42 Å². The van der Waals surface area contributed by atoms with Crippen LogP contribution in [0.3, 0.4) is 0 Å². The Morgan fingerprint density at radius 1 is 1.47 bits per heavy atom. The lowest BCUT2D eigenvalue weighted by Crippen LogP contribution is -2.46. The van der Waals surface area contributed by atoms with Crippen molar-refractivity contribution >= 4 is 23.3 Å². The minimum absolute atomic E-state index is 0.301. The average Bonchev–Trinajstić information content (AvgIpc) is 2.75. The Morgan fingerprint density at radius 3 is 2.63 bits per heavy atom. The van der Waals surface area contributed by atoms with Gasteiger partial charge in [-0.25, -0.2) is 4.98 Å². The van der Waals surface area contributed by atoms with Gasteiger partial charge in [0.1, 0.15) is 11.4 Å². The van der Waals surface area contributed by atoms with Crippen LogP contribution in [0.15, 0.2) is 4.34 Å². The van der Waals surface area contributed by atoms with Gasteiger partial charge in [0.2, 0.25) is 0 Å². The Labute approximate surface area is 124 Å². The molecule has 0 aliphatic carbocycles. The van der Waals surface area contributed by atoms with Crippen LogP contribution < -0.4 is 5.32 Å². The number of aromatic nitrogens is 2. The minimum Gasteiger partial charge on any atom is -0.297 e. The minimum atomic E-state index is -0.487. The van der Waals surface area contributed by atoms with Crippen molar-refractivity contribution in [2.75, 3.05) is 0 Å². The van der Waals surface area contributed by atoms with Crippen molar-refractivity contribution in [3.63, 3.8) is 0 Å². The number of hydrogen-bond donors (Lipinski definition) is 1. The molecular weight excluding hydrogens is 276 g/mol. The fourth-order valence-electron chi connectivity index (χ4n) is 1.99. The Bertz CT molecular complexity index is 438. The second kappa shape index (κ2) is 7.22. The summed E-state index contributed by atoms with van der Waals surface area (Å²) in [5.41, 5.74) is -0.487. The molecule has 1 N–H and O–H groups in total. The Kier molecular flexibility index (Phi) is 6.24. The van der Waals surface area contributed by atoms with E-state index in [0.717, 1.165) is 23.0 Å². The van der Waals surface area contributed by atoms with E-state index in [1.165, 1.54) is 11.5 Å². The van der Waals surface area contributed by atoms with Crippen LogP contribution in [0.2, 0.25) is 0 Å². The van der Waals surface area contributed by atoms with Crippen molar-refractivity contribution in [1.29, 1.82) is 5.26 Å². The van der Waals surface area contributed by atoms with Crippen molar-refractivity contribution in [2.24, 2.45) is 0 Å². The number of nitriles is 1. The van der Waals surface area contributed by atoms with Gasteiger partial charge < -0.3 is 0 Å². The summed E-state index contributed by atoms with van der Waals surface area (Å²) in [6, 6.07) is 2.69. The van der Waals surface area contributed by atoms with Crippen LogP contribution in [0.1, 0.15) is 46.9 Å². The van der Waals surface area contributed by atoms with Crippen LogP contribution in [-0.4, -0.2) is 26.2 Å². The molecule has 1 aromatic rings. The molecule has 106 valence electrons. The highest BCUT2D eigenvalue weighted by Gasteiger charge is 2.27. The number of nitrogens with zero attached hydrogens (tertiary/aromatic N) is 3. The largest absolute Gasteiger partial charge is 0.297 e. The third-order valence-electron chi connectivity index (χ3n) is 2.62. The highest BCUT2D eigenvalue weighted by Crippen LogP contribution is 2.30. The highest BCUT2D eigenvalue weighted by molar-refractivity contribution is 8.01. The summed E-state index contributed by atoms with van der Waals surface area (Å²) in [6.45, 7) is 10.3. The number of thioether (sulfide) groups is 1. The Balaban J connectivity index is 2.58. The normalized spacial score (nSPS) is 16.1. The van der Waals surface area contributed by atoms with Crippen molar-refractivity contribution in [2.45, 2.75) is 68.6 Å². The van der Waals surface area contributed by atoms with Gasteiger partial charge in [0.15, 0.2) is 4.34 Å². The van der Waals surface area contributed by atoms with Gasteiger partial charge >= 0.3 is 0 Å². The second-order valence-electron chi connectivity index (χ2n) is 5.21. The SMILES string of the molecule is CCc1nsc(SC(C)CC(C)(C#N)NC(C)C)n1. The average molecular weight is 298 g/mol.